The van der Waals surface area contributed by atoms with Gasteiger partial charge in [0.1, 0.15) is 4.83 Å². The number of aromatic amines is 1. The van der Waals surface area contributed by atoms with Crippen molar-refractivity contribution in [1.82, 2.24) is 9.55 Å². The number of hydrogen-bond acceptors (Lipinski definition) is 3. The van der Waals surface area contributed by atoms with E-state index in [1.165, 1.54) is 53.5 Å². The first kappa shape index (κ1) is 15.2. The normalized spacial score (nSPS) is 19.6. The molecular formula is C18H20N2OS2. The summed E-state index contributed by atoms with van der Waals surface area (Å²) >= 11 is 7.03. The minimum atomic E-state index is -0.00735. The van der Waals surface area contributed by atoms with E-state index in [2.05, 4.69) is 10.9 Å². The van der Waals surface area contributed by atoms with Crippen molar-refractivity contribution in [1.29, 1.82) is 0 Å². The molecule has 120 valence electrons. The summed E-state index contributed by atoms with van der Waals surface area (Å²) in [5, 5.41) is 0.846. The zero-order valence-electron chi connectivity index (χ0n) is 13.1. The fourth-order valence-electron chi connectivity index (χ4n) is 4.41. The number of hydrogen-bond donors (Lipinski definition) is 1. The quantitative estimate of drug-likeness (QED) is 0.622. The van der Waals surface area contributed by atoms with Crippen LogP contribution in [0.25, 0.3) is 10.2 Å². The smallest absolute Gasteiger partial charge is 0.264 e. The van der Waals surface area contributed by atoms with Crippen LogP contribution in [0.15, 0.2) is 4.79 Å². The highest BCUT2D eigenvalue weighted by Crippen LogP contribution is 2.49. The lowest BCUT2D eigenvalue weighted by Crippen LogP contribution is -2.31. The zero-order valence-corrected chi connectivity index (χ0v) is 14.7. The molecule has 0 aromatic carbocycles. The molecule has 2 aromatic rings. The highest BCUT2D eigenvalue weighted by Gasteiger charge is 2.37. The fraction of sp³-hybridized carbons (Fsp3) is 0.556. The Labute approximate surface area is 144 Å². The summed E-state index contributed by atoms with van der Waals surface area (Å²) in [6, 6.07) is 0. The molecule has 2 aliphatic rings. The van der Waals surface area contributed by atoms with E-state index in [9.17, 15) is 4.79 Å². The predicted octanol–water partition coefficient (Wildman–Crippen LogP) is 4.19. The second kappa shape index (κ2) is 5.61. The molecule has 4 rings (SSSR count). The molecule has 2 aliphatic carbocycles. The molecule has 2 aromatic heterocycles. The Morgan fingerprint density at radius 3 is 2.83 bits per heavy atom. The van der Waals surface area contributed by atoms with Crippen LogP contribution in [0, 0.1) is 22.5 Å². The zero-order chi connectivity index (χ0) is 16.0. The Morgan fingerprint density at radius 1 is 1.30 bits per heavy atom. The maximum atomic E-state index is 12.9. The van der Waals surface area contributed by atoms with E-state index in [0.29, 0.717) is 10.2 Å². The molecule has 0 unspecified atom stereocenters. The number of aromatic nitrogens is 2. The van der Waals surface area contributed by atoms with Crippen molar-refractivity contribution in [3.63, 3.8) is 0 Å². The summed E-state index contributed by atoms with van der Waals surface area (Å²) in [6.07, 6.45) is 15.5. The van der Waals surface area contributed by atoms with Gasteiger partial charge in [0.15, 0.2) is 4.77 Å². The van der Waals surface area contributed by atoms with Crippen molar-refractivity contribution in [3.8, 4) is 12.3 Å². The number of aryl methyl sites for hydroxylation is 1. The average Bonchev–Trinajstić information content (AvgIpc) is 2.89. The van der Waals surface area contributed by atoms with Gasteiger partial charge >= 0.3 is 0 Å². The number of thiophene rings is 1. The van der Waals surface area contributed by atoms with E-state index in [1.54, 1.807) is 11.3 Å². The van der Waals surface area contributed by atoms with E-state index >= 15 is 0 Å². The van der Waals surface area contributed by atoms with Crippen LogP contribution in [0.1, 0.15) is 49.0 Å². The minimum absolute atomic E-state index is 0.00735. The molecule has 5 heteroatoms. The van der Waals surface area contributed by atoms with Crippen LogP contribution >= 0.6 is 23.6 Å². The van der Waals surface area contributed by atoms with Crippen LogP contribution < -0.4 is 5.56 Å². The van der Waals surface area contributed by atoms with Crippen LogP contribution in [0.3, 0.4) is 0 Å². The maximum absolute atomic E-state index is 12.9. The van der Waals surface area contributed by atoms with Gasteiger partial charge in [-0.25, -0.2) is 0 Å². The van der Waals surface area contributed by atoms with Crippen LogP contribution in [-0.4, -0.2) is 9.55 Å². The molecule has 23 heavy (non-hydrogen) atoms. The number of fused-ring (bicyclic) bond motifs is 3. The van der Waals surface area contributed by atoms with E-state index in [1.807, 2.05) is 0 Å². The second-order valence-electron chi connectivity index (χ2n) is 6.97. The summed E-state index contributed by atoms with van der Waals surface area (Å²) in [5.41, 5.74) is 1.70. The largest absolute Gasteiger partial charge is 0.323 e. The van der Waals surface area contributed by atoms with Gasteiger partial charge in [-0.1, -0.05) is 25.2 Å². The van der Waals surface area contributed by atoms with Gasteiger partial charge in [-0.05, 0) is 55.3 Å². The van der Waals surface area contributed by atoms with Crippen molar-refractivity contribution in [2.24, 2.45) is 5.41 Å². The van der Waals surface area contributed by atoms with Gasteiger partial charge in [-0.2, -0.15) is 0 Å². The van der Waals surface area contributed by atoms with E-state index in [-0.39, 0.29) is 12.1 Å². The third kappa shape index (κ3) is 2.40. The van der Waals surface area contributed by atoms with Crippen molar-refractivity contribution in [2.75, 3.05) is 0 Å². The Bertz CT molecular complexity index is 919. The molecule has 3 nitrogen and oxygen atoms in total. The average molecular weight is 345 g/mol. The van der Waals surface area contributed by atoms with Gasteiger partial charge in [-0.3, -0.25) is 9.36 Å². The first-order valence-electron chi connectivity index (χ1n) is 8.34. The van der Waals surface area contributed by atoms with Crippen molar-refractivity contribution >= 4 is 33.8 Å². The van der Waals surface area contributed by atoms with Crippen LogP contribution in [-0.2, 0) is 19.4 Å². The van der Waals surface area contributed by atoms with E-state index in [4.69, 9.17) is 18.6 Å². The van der Waals surface area contributed by atoms with Gasteiger partial charge in [-0.15, -0.1) is 17.8 Å². The molecule has 0 amide bonds. The Hall–Kier alpha value is -1.38. The molecule has 0 saturated heterocycles. The first-order valence-corrected chi connectivity index (χ1v) is 9.57. The Morgan fingerprint density at radius 2 is 2.09 bits per heavy atom. The Kier molecular flexibility index (Phi) is 3.70. The van der Waals surface area contributed by atoms with Gasteiger partial charge < -0.3 is 4.98 Å². The van der Waals surface area contributed by atoms with E-state index in [0.717, 1.165) is 23.1 Å². The molecule has 0 aliphatic heterocycles. The van der Waals surface area contributed by atoms with Gasteiger partial charge in [0.2, 0.25) is 0 Å². The molecule has 0 bridgehead atoms. The molecule has 1 fully saturated rings. The maximum Gasteiger partial charge on any atom is 0.264 e. The van der Waals surface area contributed by atoms with Crippen LogP contribution in [0.2, 0.25) is 0 Å². The monoisotopic (exact) mass is 344 g/mol. The number of rotatable bonds is 1. The highest BCUT2D eigenvalue weighted by molar-refractivity contribution is 7.71. The van der Waals surface area contributed by atoms with Crippen molar-refractivity contribution in [2.45, 2.75) is 57.9 Å². The van der Waals surface area contributed by atoms with Crippen molar-refractivity contribution in [3.05, 3.63) is 25.6 Å². The first-order chi connectivity index (χ1) is 11.1. The summed E-state index contributed by atoms with van der Waals surface area (Å²) in [4.78, 5) is 18.5. The van der Waals surface area contributed by atoms with Crippen LogP contribution in [0.4, 0.5) is 0 Å². The number of H-pyrrole nitrogens is 1. The molecule has 0 atom stereocenters. The molecule has 0 radical (unpaired) electrons. The third-order valence-electron chi connectivity index (χ3n) is 5.61. The summed E-state index contributed by atoms with van der Waals surface area (Å²) in [7, 11) is 0. The molecule has 1 spiro atoms. The molecular weight excluding hydrogens is 324 g/mol. The highest BCUT2D eigenvalue weighted by atomic mass is 32.1. The second-order valence-corrected chi connectivity index (χ2v) is 8.46. The lowest BCUT2D eigenvalue weighted by molar-refractivity contribution is 0.164. The van der Waals surface area contributed by atoms with E-state index < -0.39 is 0 Å². The fourth-order valence-corrected chi connectivity index (χ4v) is 5.94. The van der Waals surface area contributed by atoms with Crippen molar-refractivity contribution < 1.29 is 0 Å². The van der Waals surface area contributed by atoms with Gasteiger partial charge in [0, 0.05) is 4.88 Å². The van der Waals surface area contributed by atoms with Gasteiger partial charge in [0.25, 0.3) is 5.56 Å². The SMILES string of the molecule is C#CCn1c(=S)[nH]c2sc3c(c2c1=O)CC1(CCCCC1)CC3. The standard InChI is InChI=1S/C18H20N2OS2/c1-2-10-20-16(21)14-12-11-18(7-4-3-5-8-18)9-6-13(12)23-15(14)19-17(20)22/h1H,3-11H2,(H,19,22). The van der Waals surface area contributed by atoms with Gasteiger partial charge in [0.05, 0.1) is 11.9 Å². The topological polar surface area (TPSA) is 37.8 Å². The summed E-state index contributed by atoms with van der Waals surface area (Å²) < 4.78 is 1.96. The lowest BCUT2D eigenvalue weighted by atomic mass is 9.65. The third-order valence-corrected chi connectivity index (χ3v) is 7.14. The minimum Gasteiger partial charge on any atom is -0.323 e. The number of terminal acetylenes is 1. The summed E-state index contributed by atoms with van der Waals surface area (Å²) in [5.74, 6) is 2.54. The lowest BCUT2D eigenvalue weighted by Gasteiger charge is -2.40. The number of nitrogens with one attached hydrogen (secondary N) is 1. The predicted molar refractivity (Wildman–Crippen MR) is 97.6 cm³/mol. The number of nitrogens with zero attached hydrogens (tertiary/aromatic N) is 1. The molecule has 1 saturated carbocycles. The molecule has 2 heterocycles. The van der Waals surface area contributed by atoms with Crippen LogP contribution in [0.5, 0.6) is 0 Å². The summed E-state index contributed by atoms with van der Waals surface area (Å²) in [6.45, 7) is 0.236. The Balaban J connectivity index is 1.89. The molecule has 1 N–H and O–H groups in total.